The molecule has 0 heterocycles. The van der Waals surface area contributed by atoms with Crippen molar-refractivity contribution >= 4 is 35.3 Å². The molecule has 4 nitrogen and oxygen atoms in total. The van der Waals surface area contributed by atoms with Crippen molar-refractivity contribution in [3.63, 3.8) is 0 Å². The van der Waals surface area contributed by atoms with Gasteiger partial charge in [0.1, 0.15) is 0 Å². The predicted molar refractivity (Wildman–Crippen MR) is 70.4 cm³/mol. The van der Waals surface area contributed by atoms with Crippen molar-refractivity contribution < 1.29 is 19.4 Å². The number of carbonyl (C=O) groups is 2. The lowest BCUT2D eigenvalue weighted by molar-refractivity contribution is -0.140. The molecule has 1 N–H and O–H groups in total. The summed E-state index contributed by atoms with van der Waals surface area (Å²) in [5, 5.41) is 9.14. The summed E-state index contributed by atoms with van der Waals surface area (Å²) in [6, 6.07) is 4.86. The molecule has 1 aromatic carbocycles. The van der Waals surface area contributed by atoms with Gasteiger partial charge < -0.3 is 9.84 Å². The lowest BCUT2D eigenvalue weighted by Gasteiger charge is -2.04. The zero-order chi connectivity index (χ0) is 13.5. The molecule has 1 aromatic rings. The maximum atomic E-state index is 10.9. The van der Waals surface area contributed by atoms with E-state index in [0.29, 0.717) is 12.8 Å². The van der Waals surface area contributed by atoms with Crippen molar-refractivity contribution in [2.75, 3.05) is 12.9 Å². The van der Waals surface area contributed by atoms with E-state index >= 15 is 0 Å². The molecule has 0 aliphatic rings. The Labute approximate surface area is 114 Å². The number of hydrogen-bond donors (Lipinski definition) is 1. The largest absolute Gasteiger partial charge is 0.478 e. The minimum atomic E-state index is -1.04. The molecule has 0 aliphatic carbocycles. The minimum Gasteiger partial charge on any atom is -0.478 e. The van der Waals surface area contributed by atoms with E-state index in [-0.39, 0.29) is 16.6 Å². The summed E-state index contributed by atoms with van der Waals surface area (Å²) in [6.07, 6.45) is 1.05. The highest BCUT2D eigenvalue weighted by Crippen LogP contribution is 2.25. The first-order valence-corrected chi connectivity index (χ1v) is 6.63. The molecule has 0 unspecified atom stereocenters. The summed E-state index contributed by atoms with van der Waals surface area (Å²) in [4.78, 5) is 22.6. The van der Waals surface area contributed by atoms with Crippen molar-refractivity contribution in [2.24, 2.45) is 0 Å². The standard InChI is InChI=1S/C12H13ClO4S/c1-17-11(14)3-2-6-18-8-4-5-10(13)9(7-8)12(15)16/h4-5,7H,2-3,6H2,1H3,(H,15,16). The van der Waals surface area contributed by atoms with E-state index in [0.717, 1.165) is 10.6 Å². The number of carboxylic acid groups (broad SMARTS) is 1. The molecule has 0 amide bonds. The van der Waals surface area contributed by atoms with Crippen LogP contribution in [0.3, 0.4) is 0 Å². The molecule has 0 aliphatic heterocycles. The third-order valence-corrected chi connectivity index (χ3v) is 3.60. The number of carboxylic acids is 1. The number of halogens is 1. The molecular formula is C12H13ClO4S. The van der Waals surface area contributed by atoms with Gasteiger partial charge in [0.25, 0.3) is 0 Å². The summed E-state index contributed by atoms with van der Waals surface area (Å²) in [5.41, 5.74) is 0.0923. The van der Waals surface area contributed by atoms with Crippen molar-refractivity contribution in [1.29, 1.82) is 0 Å². The van der Waals surface area contributed by atoms with Gasteiger partial charge in [0, 0.05) is 11.3 Å². The number of rotatable bonds is 6. The van der Waals surface area contributed by atoms with Gasteiger partial charge >= 0.3 is 11.9 Å². The van der Waals surface area contributed by atoms with Crippen LogP contribution >= 0.6 is 23.4 Å². The molecule has 0 saturated heterocycles. The van der Waals surface area contributed by atoms with Crippen LogP contribution < -0.4 is 0 Å². The number of methoxy groups -OCH3 is 1. The Hall–Kier alpha value is -1.20. The summed E-state index contributed by atoms with van der Waals surface area (Å²) < 4.78 is 4.53. The van der Waals surface area contributed by atoms with Crippen molar-refractivity contribution in [3.8, 4) is 0 Å². The van der Waals surface area contributed by atoms with E-state index in [2.05, 4.69) is 4.74 Å². The second kappa shape index (κ2) is 7.28. The van der Waals surface area contributed by atoms with E-state index in [1.807, 2.05) is 0 Å². The van der Waals surface area contributed by atoms with Crippen molar-refractivity contribution in [2.45, 2.75) is 17.7 Å². The molecule has 6 heteroatoms. The van der Waals surface area contributed by atoms with Gasteiger partial charge in [-0.2, -0.15) is 0 Å². The van der Waals surface area contributed by atoms with Gasteiger partial charge in [-0.1, -0.05) is 11.6 Å². The van der Waals surface area contributed by atoms with E-state index in [9.17, 15) is 9.59 Å². The Morgan fingerprint density at radius 2 is 2.17 bits per heavy atom. The van der Waals surface area contributed by atoms with Crippen molar-refractivity contribution in [1.82, 2.24) is 0 Å². The van der Waals surface area contributed by atoms with Crippen LogP contribution in [0.15, 0.2) is 23.1 Å². The monoisotopic (exact) mass is 288 g/mol. The molecular weight excluding hydrogens is 276 g/mol. The Bertz CT molecular complexity index is 448. The maximum absolute atomic E-state index is 10.9. The fourth-order valence-electron chi connectivity index (χ4n) is 1.27. The van der Waals surface area contributed by atoms with Crippen LogP contribution in [0.1, 0.15) is 23.2 Å². The first-order valence-electron chi connectivity index (χ1n) is 5.27. The molecule has 0 radical (unpaired) electrons. The molecule has 0 aromatic heterocycles. The number of carbonyl (C=O) groups excluding carboxylic acids is 1. The Balaban J connectivity index is 2.50. The lowest BCUT2D eigenvalue weighted by Crippen LogP contribution is -2.00. The normalized spacial score (nSPS) is 10.1. The molecule has 18 heavy (non-hydrogen) atoms. The summed E-state index contributed by atoms with van der Waals surface area (Å²) >= 11 is 7.25. The molecule has 1 rings (SSSR count). The number of benzene rings is 1. The quantitative estimate of drug-likeness (QED) is 0.495. The topological polar surface area (TPSA) is 63.6 Å². The number of thioether (sulfide) groups is 1. The Kier molecular flexibility index (Phi) is 6.01. The molecule has 0 bridgehead atoms. The van der Waals surface area contributed by atoms with Gasteiger partial charge in [-0.05, 0) is 30.4 Å². The summed E-state index contributed by atoms with van der Waals surface area (Å²) in [7, 11) is 1.35. The highest BCUT2D eigenvalue weighted by atomic mass is 35.5. The minimum absolute atomic E-state index is 0.0923. The molecule has 0 saturated carbocycles. The maximum Gasteiger partial charge on any atom is 0.337 e. The Morgan fingerprint density at radius 1 is 1.44 bits per heavy atom. The van der Waals surface area contributed by atoms with E-state index < -0.39 is 5.97 Å². The van der Waals surface area contributed by atoms with Crippen LogP contribution in [-0.4, -0.2) is 29.9 Å². The second-order valence-electron chi connectivity index (χ2n) is 3.47. The number of hydrogen-bond acceptors (Lipinski definition) is 4. The first kappa shape index (κ1) is 14.9. The fraction of sp³-hybridized carbons (Fsp3) is 0.333. The lowest BCUT2D eigenvalue weighted by atomic mass is 10.2. The van der Waals surface area contributed by atoms with Crippen molar-refractivity contribution in [3.05, 3.63) is 28.8 Å². The SMILES string of the molecule is COC(=O)CCCSc1ccc(Cl)c(C(=O)O)c1. The van der Waals surface area contributed by atoms with Gasteiger partial charge in [0.2, 0.25) is 0 Å². The van der Waals surface area contributed by atoms with E-state index in [1.165, 1.54) is 24.9 Å². The van der Waals surface area contributed by atoms with Gasteiger partial charge in [-0.15, -0.1) is 11.8 Å². The van der Waals surface area contributed by atoms with Gasteiger partial charge in [0.05, 0.1) is 17.7 Å². The highest BCUT2D eigenvalue weighted by Gasteiger charge is 2.09. The van der Waals surface area contributed by atoms with E-state index in [1.54, 1.807) is 12.1 Å². The average Bonchev–Trinajstić information content (AvgIpc) is 2.35. The predicted octanol–water partition coefficient (Wildman–Crippen LogP) is 3.08. The van der Waals surface area contributed by atoms with Gasteiger partial charge in [0.15, 0.2) is 0 Å². The summed E-state index contributed by atoms with van der Waals surface area (Å²) in [5.74, 6) is -0.564. The fourth-order valence-corrected chi connectivity index (χ4v) is 2.35. The highest BCUT2D eigenvalue weighted by molar-refractivity contribution is 7.99. The molecule has 0 atom stereocenters. The van der Waals surface area contributed by atoms with Crippen LogP contribution in [0.4, 0.5) is 0 Å². The van der Waals surface area contributed by atoms with Gasteiger partial charge in [-0.25, -0.2) is 4.79 Å². The number of aromatic carboxylic acids is 1. The average molecular weight is 289 g/mol. The Morgan fingerprint density at radius 3 is 2.78 bits per heavy atom. The van der Waals surface area contributed by atoms with Crippen LogP contribution in [-0.2, 0) is 9.53 Å². The molecule has 0 fully saturated rings. The smallest absolute Gasteiger partial charge is 0.337 e. The first-order chi connectivity index (χ1) is 8.54. The zero-order valence-corrected chi connectivity index (χ0v) is 11.4. The van der Waals surface area contributed by atoms with Crippen LogP contribution in [0.5, 0.6) is 0 Å². The van der Waals surface area contributed by atoms with Crippen LogP contribution in [0.2, 0.25) is 5.02 Å². The third-order valence-electron chi connectivity index (χ3n) is 2.19. The zero-order valence-electron chi connectivity index (χ0n) is 9.81. The second-order valence-corrected chi connectivity index (χ2v) is 5.05. The molecule has 98 valence electrons. The van der Waals surface area contributed by atoms with E-state index in [4.69, 9.17) is 16.7 Å². The summed E-state index contributed by atoms with van der Waals surface area (Å²) in [6.45, 7) is 0. The van der Waals surface area contributed by atoms with Crippen LogP contribution in [0, 0.1) is 0 Å². The molecule has 0 spiro atoms. The number of esters is 1. The van der Waals surface area contributed by atoms with Gasteiger partial charge in [-0.3, -0.25) is 4.79 Å². The third kappa shape index (κ3) is 4.58. The van der Waals surface area contributed by atoms with Crippen LogP contribution in [0.25, 0.3) is 0 Å². The number of ether oxygens (including phenoxy) is 1.